The Morgan fingerprint density at radius 3 is 2.40 bits per heavy atom. The molecule has 1 fully saturated rings. The maximum absolute atomic E-state index is 14.3. The number of para-hydroxylation sites is 1. The molecule has 8 nitrogen and oxygen atoms in total. The second-order valence-corrected chi connectivity index (χ2v) is 11.8. The van der Waals surface area contributed by atoms with Gasteiger partial charge in [0.1, 0.15) is 5.82 Å². The summed E-state index contributed by atoms with van der Waals surface area (Å²) >= 11 is 0. The van der Waals surface area contributed by atoms with Gasteiger partial charge >= 0.3 is 0 Å². The second kappa shape index (κ2) is 11.1. The maximum Gasteiger partial charge on any atom is 0.266 e. The molecule has 3 aromatic heterocycles. The molecule has 42 heavy (non-hydrogen) atoms. The number of rotatable bonds is 7. The van der Waals surface area contributed by atoms with Crippen molar-refractivity contribution in [1.29, 1.82) is 0 Å². The molecule has 0 spiro atoms. The van der Waals surface area contributed by atoms with Crippen LogP contribution < -0.4 is 10.2 Å². The molecule has 1 aliphatic heterocycles. The monoisotopic (exact) mass is 586 g/mol. The Labute approximate surface area is 244 Å². The van der Waals surface area contributed by atoms with E-state index in [1.165, 1.54) is 23.5 Å². The number of pyridine rings is 1. The first-order chi connectivity index (χ1) is 20.2. The van der Waals surface area contributed by atoms with E-state index in [0.29, 0.717) is 22.0 Å². The molecule has 1 unspecified atom stereocenters. The van der Waals surface area contributed by atoms with E-state index in [2.05, 4.69) is 20.3 Å². The third kappa shape index (κ3) is 5.27. The van der Waals surface area contributed by atoms with E-state index in [-0.39, 0.29) is 36.0 Å². The van der Waals surface area contributed by atoms with Crippen LogP contribution in [0.15, 0.2) is 90.2 Å². The van der Waals surface area contributed by atoms with Crippen molar-refractivity contribution in [2.45, 2.75) is 37.0 Å². The first-order valence-corrected chi connectivity index (χ1v) is 14.7. The standard InChI is InChI=1S/C31H28F2N6O2S/c1-20(2)28-35-17-22(18-36-28)30(40)37-27-24(12-14-34-29(27)38-15-13-31(32,33)19-38)26-16-21-8-6-7-11-25(21)39(26)42(41)23-9-4-3-5-10-23/h3-12,14,16-18,20H,13,15,19H2,1-2H3,(H,37,40). The lowest BCUT2D eigenvalue weighted by molar-refractivity contribution is 0.0257. The number of benzene rings is 2. The number of fused-ring (bicyclic) bond motifs is 1. The highest BCUT2D eigenvalue weighted by Crippen LogP contribution is 2.41. The Morgan fingerprint density at radius 2 is 1.71 bits per heavy atom. The molecule has 5 aromatic rings. The van der Waals surface area contributed by atoms with Crippen LogP contribution in [0, 0.1) is 0 Å². The van der Waals surface area contributed by atoms with Gasteiger partial charge in [-0.25, -0.2) is 27.9 Å². The lowest BCUT2D eigenvalue weighted by Crippen LogP contribution is -2.27. The van der Waals surface area contributed by atoms with Gasteiger partial charge in [0.05, 0.1) is 33.9 Å². The summed E-state index contributed by atoms with van der Waals surface area (Å²) in [4.78, 5) is 28.6. The average Bonchev–Trinajstić information content (AvgIpc) is 3.57. The van der Waals surface area contributed by atoms with Gasteiger partial charge in [0.25, 0.3) is 11.8 Å². The van der Waals surface area contributed by atoms with E-state index in [4.69, 9.17) is 0 Å². The summed E-state index contributed by atoms with van der Waals surface area (Å²) in [6, 6.07) is 20.1. The fourth-order valence-corrected chi connectivity index (χ4v) is 6.30. The predicted octanol–water partition coefficient (Wildman–Crippen LogP) is 6.29. The summed E-state index contributed by atoms with van der Waals surface area (Å²) in [5, 5.41) is 3.75. The summed E-state index contributed by atoms with van der Waals surface area (Å²) in [5.74, 6) is -2.51. The molecule has 1 aliphatic rings. The molecule has 1 amide bonds. The fraction of sp³-hybridized carbons (Fsp3) is 0.226. The number of alkyl halides is 2. The van der Waals surface area contributed by atoms with Gasteiger partial charge in [-0.15, -0.1) is 0 Å². The third-order valence-corrected chi connectivity index (χ3v) is 8.54. The Bertz CT molecular complexity index is 1790. The Balaban J connectivity index is 1.52. The number of nitrogens with zero attached hydrogens (tertiary/aromatic N) is 5. The zero-order valence-corrected chi connectivity index (χ0v) is 23.8. The molecule has 214 valence electrons. The summed E-state index contributed by atoms with van der Waals surface area (Å²) in [5.41, 5.74) is 2.19. The van der Waals surface area contributed by atoms with Crippen molar-refractivity contribution >= 4 is 39.3 Å². The van der Waals surface area contributed by atoms with E-state index in [0.717, 1.165) is 10.9 Å². The molecule has 0 radical (unpaired) electrons. The number of nitrogens with one attached hydrogen (secondary N) is 1. The lowest BCUT2D eigenvalue weighted by atomic mass is 10.1. The molecule has 2 aromatic carbocycles. The normalized spacial score (nSPS) is 15.3. The van der Waals surface area contributed by atoms with E-state index < -0.39 is 29.4 Å². The van der Waals surface area contributed by atoms with Crippen LogP contribution in [0.5, 0.6) is 0 Å². The largest absolute Gasteiger partial charge is 0.349 e. The molecule has 1 saturated heterocycles. The molecule has 11 heteroatoms. The Morgan fingerprint density at radius 1 is 1.00 bits per heavy atom. The summed E-state index contributed by atoms with van der Waals surface area (Å²) in [6.07, 6.45) is 4.08. The van der Waals surface area contributed by atoms with Gasteiger partial charge in [-0.1, -0.05) is 50.2 Å². The second-order valence-electron chi connectivity index (χ2n) is 10.5. The van der Waals surface area contributed by atoms with E-state index >= 15 is 0 Å². The van der Waals surface area contributed by atoms with Gasteiger partial charge in [-0.05, 0) is 30.3 Å². The minimum Gasteiger partial charge on any atom is -0.349 e. The van der Waals surface area contributed by atoms with Gasteiger partial charge in [-0.2, -0.15) is 0 Å². The average molecular weight is 587 g/mol. The molecule has 4 heterocycles. The molecule has 1 N–H and O–H groups in total. The van der Waals surface area contributed by atoms with Crippen molar-refractivity contribution in [2.75, 3.05) is 23.3 Å². The number of amides is 1. The molecule has 1 atom stereocenters. The predicted molar refractivity (Wildman–Crippen MR) is 159 cm³/mol. The highest BCUT2D eigenvalue weighted by molar-refractivity contribution is 7.83. The molecule has 6 rings (SSSR count). The maximum atomic E-state index is 14.3. The van der Waals surface area contributed by atoms with Gasteiger partial charge in [-0.3, -0.25) is 8.77 Å². The van der Waals surface area contributed by atoms with Gasteiger partial charge in [0, 0.05) is 48.4 Å². The number of carbonyl (C=O) groups is 1. The van der Waals surface area contributed by atoms with Crippen molar-refractivity contribution in [3.05, 3.63) is 96.7 Å². The quantitative estimate of drug-likeness (QED) is 0.241. The van der Waals surface area contributed by atoms with Crippen molar-refractivity contribution < 1.29 is 17.8 Å². The topological polar surface area (TPSA) is 93.0 Å². The Hall–Kier alpha value is -4.51. The van der Waals surface area contributed by atoms with Crippen LogP contribution in [0.4, 0.5) is 20.3 Å². The Kier molecular flexibility index (Phi) is 7.28. The van der Waals surface area contributed by atoms with E-state index in [1.807, 2.05) is 62.4 Å². The SMILES string of the molecule is CC(C)c1ncc(C(=O)Nc2c(-c3cc4ccccc4n3S(=O)c3ccccc3)ccnc2N2CCC(F)(F)C2)cn1. The molecule has 0 bridgehead atoms. The van der Waals surface area contributed by atoms with Crippen LogP contribution in [0.25, 0.3) is 22.2 Å². The highest BCUT2D eigenvalue weighted by atomic mass is 32.2. The molecular weight excluding hydrogens is 558 g/mol. The number of carbonyl (C=O) groups excluding carboxylic acids is 1. The zero-order valence-electron chi connectivity index (χ0n) is 23.0. The van der Waals surface area contributed by atoms with Crippen molar-refractivity contribution in [1.82, 2.24) is 18.9 Å². The first kappa shape index (κ1) is 27.6. The van der Waals surface area contributed by atoms with Crippen molar-refractivity contribution in [3.8, 4) is 11.3 Å². The zero-order chi connectivity index (χ0) is 29.4. The minimum atomic E-state index is -2.89. The van der Waals surface area contributed by atoms with Crippen LogP contribution in [0.1, 0.15) is 42.4 Å². The van der Waals surface area contributed by atoms with Crippen LogP contribution in [0.3, 0.4) is 0 Å². The highest BCUT2D eigenvalue weighted by Gasteiger charge is 2.40. The summed E-state index contributed by atoms with van der Waals surface area (Å²) < 4.78 is 44.4. The van der Waals surface area contributed by atoms with Crippen LogP contribution >= 0.6 is 0 Å². The fourth-order valence-electron chi connectivity index (χ4n) is 5.02. The van der Waals surface area contributed by atoms with Crippen LogP contribution in [-0.2, 0) is 11.0 Å². The van der Waals surface area contributed by atoms with Gasteiger partial charge < -0.3 is 10.2 Å². The number of hydrogen-bond donors (Lipinski definition) is 1. The van der Waals surface area contributed by atoms with Crippen LogP contribution in [-0.4, -0.2) is 48.1 Å². The number of halogens is 2. The number of aromatic nitrogens is 4. The molecular formula is C31H28F2N6O2S. The van der Waals surface area contributed by atoms with E-state index in [1.54, 1.807) is 22.2 Å². The smallest absolute Gasteiger partial charge is 0.266 e. The number of hydrogen-bond acceptors (Lipinski definition) is 6. The summed E-state index contributed by atoms with van der Waals surface area (Å²) in [7, 11) is -1.66. The van der Waals surface area contributed by atoms with Crippen molar-refractivity contribution in [2.24, 2.45) is 0 Å². The molecule has 0 aliphatic carbocycles. The minimum absolute atomic E-state index is 0.0669. The molecule has 0 saturated carbocycles. The number of anilines is 2. The first-order valence-electron chi connectivity index (χ1n) is 13.5. The third-order valence-electron chi connectivity index (χ3n) is 7.14. The van der Waals surface area contributed by atoms with Gasteiger partial charge in [0.2, 0.25) is 0 Å². The summed E-state index contributed by atoms with van der Waals surface area (Å²) in [6.45, 7) is 3.44. The van der Waals surface area contributed by atoms with E-state index in [9.17, 15) is 17.8 Å². The van der Waals surface area contributed by atoms with Crippen molar-refractivity contribution in [3.63, 3.8) is 0 Å². The lowest BCUT2D eigenvalue weighted by Gasteiger charge is -2.23. The van der Waals surface area contributed by atoms with Gasteiger partial charge in [0.15, 0.2) is 16.8 Å². The van der Waals surface area contributed by atoms with Crippen LogP contribution in [0.2, 0.25) is 0 Å².